The Labute approximate surface area is 111 Å². The van der Waals surface area contributed by atoms with Crippen molar-refractivity contribution >= 4 is 11.4 Å². The van der Waals surface area contributed by atoms with Crippen molar-refractivity contribution in [3.05, 3.63) is 63.5 Å². The molecule has 0 amide bonds. The lowest BCUT2D eigenvalue weighted by atomic mass is 10.1. The van der Waals surface area contributed by atoms with Crippen LogP contribution in [0.5, 0.6) is 0 Å². The number of hydrogen-bond donors (Lipinski definition) is 1. The van der Waals surface area contributed by atoms with E-state index in [0.29, 0.717) is 6.54 Å². The van der Waals surface area contributed by atoms with Gasteiger partial charge in [-0.05, 0) is 37.1 Å². The average molecular weight is 257 g/mol. The van der Waals surface area contributed by atoms with Crippen LogP contribution in [0.4, 0.5) is 11.4 Å². The summed E-state index contributed by atoms with van der Waals surface area (Å²) in [5.41, 5.74) is 3.89. The third-order valence-corrected chi connectivity index (χ3v) is 2.85. The Balaban J connectivity index is 2.07. The van der Waals surface area contributed by atoms with Gasteiger partial charge in [0.25, 0.3) is 5.69 Å². The van der Waals surface area contributed by atoms with Crippen LogP contribution in [0.1, 0.15) is 16.8 Å². The van der Waals surface area contributed by atoms with Gasteiger partial charge < -0.3 is 5.32 Å². The summed E-state index contributed by atoms with van der Waals surface area (Å²) in [6.07, 6.45) is 1.82. The molecule has 0 aliphatic rings. The minimum atomic E-state index is -0.391. The minimum absolute atomic E-state index is 0.108. The number of nitro groups is 1. The Hall–Kier alpha value is -2.43. The van der Waals surface area contributed by atoms with Crippen molar-refractivity contribution in [2.45, 2.75) is 20.4 Å². The molecule has 1 aromatic carbocycles. The number of benzene rings is 1. The second-order valence-electron chi connectivity index (χ2n) is 4.44. The molecule has 0 aliphatic heterocycles. The predicted octanol–water partition coefficient (Wildman–Crippen LogP) is 3.22. The van der Waals surface area contributed by atoms with Crippen molar-refractivity contribution in [1.29, 1.82) is 0 Å². The minimum Gasteiger partial charge on any atom is -0.379 e. The molecule has 0 spiro atoms. The first kappa shape index (κ1) is 13.0. The van der Waals surface area contributed by atoms with Crippen molar-refractivity contribution in [1.82, 2.24) is 4.98 Å². The smallest absolute Gasteiger partial charge is 0.269 e. The Morgan fingerprint density at radius 3 is 2.63 bits per heavy atom. The topological polar surface area (TPSA) is 68.1 Å². The molecule has 2 rings (SSSR count). The highest BCUT2D eigenvalue weighted by Gasteiger charge is 2.07. The molecule has 1 heterocycles. The van der Waals surface area contributed by atoms with Gasteiger partial charge in [-0.2, -0.15) is 0 Å². The van der Waals surface area contributed by atoms with E-state index in [-0.39, 0.29) is 5.69 Å². The van der Waals surface area contributed by atoms with E-state index in [0.717, 1.165) is 22.5 Å². The number of nitro benzene ring substituents is 1. The SMILES string of the molecule is Cc1ccc(CNc2ccc([N+](=O)[O-])cc2C)nc1. The van der Waals surface area contributed by atoms with Gasteiger partial charge in [-0.1, -0.05) is 6.07 Å². The highest BCUT2D eigenvalue weighted by Crippen LogP contribution is 2.21. The number of rotatable bonds is 4. The lowest BCUT2D eigenvalue weighted by Crippen LogP contribution is -2.03. The largest absolute Gasteiger partial charge is 0.379 e. The fourth-order valence-corrected chi connectivity index (χ4v) is 1.75. The molecule has 5 nitrogen and oxygen atoms in total. The summed E-state index contributed by atoms with van der Waals surface area (Å²) in [4.78, 5) is 14.6. The molecule has 0 fully saturated rings. The van der Waals surface area contributed by atoms with E-state index < -0.39 is 4.92 Å². The third-order valence-electron chi connectivity index (χ3n) is 2.85. The number of hydrogen-bond acceptors (Lipinski definition) is 4. The van der Waals surface area contributed by atoms with Crippen LogP contribution in [0.3, 0.4) is 0 Å². The maximum atomic E-state index is 10.7. The molecule has 0 saturated heterocycles. The lowest BCUT2D eigenvalue weighted by Gasteiger charge is -2.09. The molecular weight excluding hydrogens is 242 g/mol. The molecule has 98 valence electrons. The van der Waals surface area contributed by atoms with Gasteiger partial charge in [0.15, 0.2) is 0 Å². The van der Waals surface area contributed by atoms with Crippen molar-refractivity contribution in [3.8, 4) is 0 Å². The fourth-order valence-electron chi connectivity index (χ4n) is 1.75. The number of aryl methyl sites for hydroxylation is 2. The average Bonchev–Trinajstić information content (AvgIpc) is 2.39. The first-order valence-electron chi connectivity index (χ1n) is 5.97. The van der Waals surface area contributed by atoms with Crippen LogP contribution in [-0.4, -0.2) is 9.91 Å². The Morgan fingerprint density at radius 2 is 2.05 bits per heavy atom. The van der Waals surface area contributed by atoms with E-state index in [2.05, 4.69) is 10.3 Å². The van der Waals surface area contributed by atoms with E-state index in [1.165, 1.54) is 6.07 Å². The van der Waals surface area contributed by atoms with E-state index in [9.17, 15) is 10.1 Å². The van der Waals surface area contributed by atoms with Gasteiger partial charge in [0.2, 0.25) is 0 Å². The standard InChI is InChI=1S/C14H15N3O2/c1-10-3-4-12(15-8-10)9-16-14-6-5-13(17(18)19)7-11(14)2/h3-8,16H,9H2,1-2H3. The van der Waals surface area contributed by atoms with Gasteiger partial charge in [0.1, 0.15) is 0 Å². The van der Waals surface area contributed by atoms with Crippen molar-refractivity contribution in [2.75, 3.05) is 5.32 Å². The maximum Gasteiger partial charge on any atom is 0.269 e. The molecule has 0 bridgehead atoms. The second kappa shape index (κ2) is 5.48. The molecule has 19 heavy (non-hydrogen) atoms. The van der Waals surface area contributed by atoms with Crippen LogP contribution in [-0.2, 0) is 6.54 Å². The Bertz CT molecular complexity index is 594. The molecule has 5 heteroatoms. The van der Waals surface area contributed by atoms with Crippen LogP contribution in [0.15, 0.2) is 36.5 Å². The maximum absolute atomic E-state index is 10.7. The first-order valence-corrected chi connectivity index (χ1v) is 5.97. The molecule has 0 saturated carbocycles. The summed E-state index contributed by atoms with van der Waals surface area (Å²) in [6, 6.07) is 8.75. The summed E-state index contributed by atoms with van der Waals surface area (Å²) in [5, 5.41) is 13.9. The van der Waals surface area contributed by atoms with Gasteiger partial charge in [-0.15, -0.1) is 0 Å². The highest BCUT2D eigenvalue weighted by molar-refractivity contribution is 5.55. The van der Waals surface area contributed by atoms with Gasteiger partial charge in [-0.3, -0.25) is 15.1 Å². The monoisotopic (exact) mass is 257 g/mol. The molecule has 1 N–H and O–H groups in total. The summed E-state index contributed by atoms with van der Waals surface area (Å²) in [5.74, 6) is 0. The summed E-state index contributed by atoms with van der Waals surface area (Å²) in [6.45, 7) is 4.43. The van der Waals surface area contributed by atoms with E-state index in [4.69, 9.17) is 0 Å². The zero-order valence-electron chi connectivity index (χ0n) is 10.9. The third kappa shape index (κ3) is 3.28. The second-order valence-corrected chi connectivity index (χ2v) is 4.44. The van der Waals surface area contributed by atoms with E-state index in [1.807, 2.05) is 32.2 Å². The molecule has 1 aromatic heterocycles. The van der Waals surface area contributed by atoms with Gasteiger partial charge in [0.05, 0.1) is 17.2 Å². The number of non-ortho nitro benzene ring substituents is 1. The quantitative estimate of drug-likeness (QED) is 0.674. The van der Waals surface area contributed by atoms with Crippen molar-refractivity contribution < 1.29 is 4.92 Å². The van der Waals surface area contributed by atoms with Gasteiger partial charge in [-0.25, -0.2) is 0 Å². The lowest BCUT2D eigenvalue weighted by molar-refractivity contribution is -0.384. The van der Waals surface area contributed by atoms with Crippen LogP contribution < -0.4 is 5.32 Å². The molecule has 0 unspecified atom stereocenters. The molecule has 2 aromatic rings. The zero-order valence-corrected chi connectivity index (χ0v) is 10.9. The van der Waals surface area contributed by atoms with E-state index >= 15 is 0 Å². The van der Waals surface area contributed by atoms with Crippen LogP contribution >= 0.6 is 0 Å². The first-order chi connectivity index (χ1) is 9.06. The van der Waals surface area contributed by atoms with Crippen LogP contribution in [0, 0.1) is 24.0 Å². The summed E-state index contributed by atoms with van der Waals surface area (Å²) < 4.78 is 0. The molecule has 0 radical (unpaired) electrons. The molecular formula is C14H15N3O2. The van der Waals surface area contributed by atoms with Crippen molar-refractivity contribution in [2.24, 2.45) is 0 Å². The summed E-state index contributed by atoms with van der Waals surface area (Å²) in [7, 11) is 0. The Kier molecular flexibility index (Phi) is 3.75. The fraction of sp³-hybridized carbons (Fsp3) is 0.214. The van der Waals surface area contributed by atoms with Gasteiger partial charge in [0, 0.05) is 24.0 Å². The summed E-state index contributed by atoms with van der Waals surface area (Å²) >= 11 is 0. The molecule has 0 aliphatic carbocycles. The number of anilines is 1. The number of nitrogens with zero attached hydrogens (tertiary/aromatic N) is 2. The number of nitrogens with one attached hydrogen (secondary N) is 1. The zero-order chi connectivity index (χ0) is 13.8. The van der Waals surface area contributed by atoms with E-state index in [1.54, 1.807) is 12.1 Å². The van der Waals surface area contributed by atoms with Crippen LogP contribution in [0.2, 0.25) is 0 Å². The molecule has 0 atom stereocenters. The predicted molar refractivity (Wildman–Crippen MR) is 74.1 cm³/mol. The van der Waals surface area contributed by atoms with Crippen molar-refractivity contribution in [3.63, 3.8) is 0 Å². The highest BCUT2D eigenvalue weighted by atomic mass is 16.6. The number of pyridine rings is 1. The number of aromatic nitrogens is 1. The normalized spacial score (nSPS) is 10.2. The van der Waals surface area contributed by atoms with Gasteiger partial charge >= 0.3 is 0 Å². The van der Waals surface area contributed by atoms with Crippen LogP contribution in [0.25, 0.3) is 0 Å². The Morgan fingerprint density at radius 1 is 1.26 bits per heavy atom.